The van der Waals surface area contributed by atoms with E-state index in [-0.39, 0.29) is 0 Å². The fourth-order valence-corrected chi connectivity index (χ4v) is 8.41. The average molecular weight is 667 g/mol. The number of rotatable bonds is 3. The van der Waals surface area contributed by atoms with Gasteiger partial charge in [-0.2, -0.15) is 0 Å². The third-order valence-electron chi connectivity index (χ3n) is 10.6. The molecule has 12 rings (SSSR count). The van der Waals surface area contributed by atoms with Crippen LogP contribution in [-0.4, -0.2) is 9.55 Å². The van der Waals surface area contributed by atoms with Crippen LogP contribution < -0.4 is 0 Å². The van der Waals surface area contributed by atoms with Crippen LogP contribution in [0.5, 0.6) is 0 Å². The molecule has 0 radical (unpaired) electrons. The lowest BCUT2D eigenvalue weighted by Crippen LogP contribution is -1.94. The van der Waals surface area contributed by atoms with E-state index in [4.69, 9.17) is 18.2 Å². The summed E-state index contributed by atoms with van der Waals surface area (Å²) in [6.45, 7) is 0. The monoisotopic (exact) mass is 666 g/mol. The smallest absolute Gasteiger partial charge is 0.227 e. The Labute approximate surface area is 295 Å². The molecule has 0 saturated heterocycles. The largest absolute Gasteiger partial charge is 0.455 e. The molecule has 52 heavy (non-hydrogen) atoms. The van der Waals surface area contributed by atoms with Crippen LogP contribution >= 0.6 is 0 Å². The molecule has 12 aromatic rings. The Kier molecular flexibility index (Phi) is 5.44. The molecule has 0 amide bonds. The minimum absolute atomic E-state index is 0.605. The van der Waals surface area contributed by atoms with Crippen LogP contribution in [0, 0.1) is 0 Å². The molecule has 242 valence electrons. The number of hydrogen-bond donors (Lipinski definition) is 0. The molecule has 0 aliphatic rings. The van der Waals surface area contributed by atoms with Crippen LogP contribution in [0.25, 0.3) is 116 Å². The fraction of sp³-hybridized carbons (Fsp3) is 0. The lowest BCUT2D eigenvalue weighted by Gasteiger charge is -2.09. The Hall–Kier alpha value is -7.11. The molecule has 8 aromatic carbocycles. The topological polar surface area (TPSA) is 57.2 Å². The van der Waals surface area contributed by atoms with Crippen molar-refractivity contribution < 1.29 is 13.3 Å². The zero-order chi connectivity index (χ0) is 33.9. The average Bonchev–Trinajstić information content (AvgIpc) is 3.98. The summed E-state index contributed by atoms with van der Waals surface area (Å²) < 4.78 is 22.2. The highest BCUT2D eigenvalue weighted by atomic mass is 16.3. The molecule has 0 aliphatic heterocycles. The molecule has 4 aromatic heterocycles. The quantitative estimate of drug-likeness (QED) is 0.188. The number of furan rings is 2. The minimum Gasteiger partial charge on any atom is -0.455 e. The lowest BCUT2D eigenvalue weighted by atomic mass is 9.94. The van der Waals surface area contributed by atoms with Gasteiger partial charge in [-0.3, -0.25) is 0 Å². The highest BCUT2D eigenvalue weighted by Gasteiger charge is 2.23. The first kappa shape index (κ1) is 27.7. The van der Waals surface area contributed by atoms with Crippen molar-refractivity contribution >= 4 is 87.6 Å². The van der Waals surface area contributed by atoms with Crippen molar-refractivity contribution in [1.29, 1.82) is 0 Å². The molecule has 0 aliphatic carbocycles. The molecule has 0 saturated carbocycles. The van der Waals surface area contributed by atoms with Crippen LogP contribution in [0.1, 0.15) is 0 Å². The van der Waals surface area contributed by atoms with Crippen LogP contribution in [-0.2, 0) is 0 Å². The van der Waals surface area contributed by atoms with Crippen molar-refractivity contribution in [3.05, 3.63) is 158 Å². The molecular weight excluding hydrogens is 641 g/mol. The molecule has 0 fully saturated rings. The Morgan fingerprint density at radius 2 is 1.12 bits per heavy atom. The lowest BCUT2D eigenvalue weighted by molar-refractivity contribution is 0.620. The number of fused-ring (bicyclic) bond motifs is 13. The van der Waals surface area contributed by atoms with Crippen LogP contribution in [0.3, 0.4) is 0 Å². The summed E-state index contributed by atoms with van der Waals surface area (Å²) in [6, 6.07) is 54.6. The predicted molar refractivity (Wildman–Crippen MR) is 211 cm³/mol. The molecular formula is C47H26N2O3. The van der Waals surface area contributed by atoms with E-state index in [0.717, 1.165) is 110 Å². The van der Waals surface area contributed by atoms with Crippen molar-refractivity contribution in [1.82, 2.24) is 9.55 Å². The van der Waals surface area contributed by atoms with Crippen molar-refractivity contribution in [2.24, 2.45) is 0 Å². The number of aromatic nitrogens is 2. The molecule has 0 bridgehead atoms. The minimum atomic E-state index is 0.605. The maximum atomic E-state index is 7.01. The molecule has 4 heterocycles. The fourth-order valence-electron chi connectivity index (χ4n) is 8.41. The van der Waals surface area contributed by atoms with Gasteiger partial charge in [-0.15, -0.1) is 0 Å². The summed E-state index contributed by atoms with van der Waals surface area (Å²) in [7, 11) is 0. The second-order valence-corrected chi connectivity index (χ2v) is 13.4. The van der Waals surface area contributed by atoms with Gasteiger partial charge in [-0.05, 0) is 70.9 Å². The first-order chi connectivity index (χ1) is 25.8. The highest BCUT2D eigenvalue weighted by Crippen LogP contribution is 2.45. The zero-order valence-electron chi connectivity index (χ0n) is 27.6. The van der Waals surface area contributed by atoms with Gasteiger partial charge in [0, 0.05) is 38.1 Å². The molecule has 5 nitrogen and oxygen atoms in total. The van der Waals surface area contributed by atoms with Crippen LogP contribution in [0.15, 0.2) is 171 Å². The van der Waals surface area contributed by atoms with Crippen molar-refractivity contribution in [2.45, 2.75) is 0 Å². The van der Waals surface area contributed by atoms with E-state index >= 15 is 0 Å². The van der Waals surface area contributed by atoms with Crippen molar-refractivity contribution in [2.75, 3.05) is 0 Å². The van der Waals surface area contributed by atoms with Gasteiger partial charge in [0.25, 0.3) is 0 Å². The summed E-state index contributed by atoms with van der Waals surface area (Å²) in [5.74, 6) is 0.605. The van der Waals surface area contributed by atoms with E-state index in [1.807, 2.05) is 54.6 Å². The van der Waals surface area contributed by atoms with Gasteiger partial charge in [0.15, 0.2) is 11.2 Å². The number of benzene rings is 8. The van der Waals surface area contributed by atoms with Gasteiger partial charge >= 0.3 is 0 Å². The first-order valence-electron chi connectivity index (χ1n) is 17.5. The number of nitrogens with zero attached hydrogens (tertiary/aromatic N) is 2. The summed E-state index contributed by atoms with van der Waals surface area (Å²) in [6.07, 6.45) is 0. The Bertz CT molecular complexity index is 3410. The predicted octanol–water partition coefficient (Wildman–Crippen LogP) is 13.2. The Balaban J connectivity index is 1.14. The van der Waals surface area contributed by atoms with Gasteiger partial charge in [0.05, 0.1) is 22.1 Å². The van der Waals surface area contributed by atoms with Crippen LogP contribution in [0.2, 0.25) is 0 Å². The van der Waals surface area contributed by atoms with E-state index in [1.165, 1.54) is 0 Å². The summed E-state index contributed by atoms with van der Waals surface area (Å²) in [4.78, 5) is 5.02. The molecule has 5 heteroatoms. The maximum absolute atomic E-state index is 7.01. The summed E-state index contributed by atoms with van der Waals surface area (Å²) in [5.41, 5.74) is 11.1. The van der Waals surface area contributed by atoms with Gasteiger partial charge < -0.3 is 17.8 Å². The maximum Gasteiger partial charge on any atom is 0.227 e. The SMILES string of the molecule is c1ccc(-c2nc3c(-c4cc5oc6c(-n7c8ccccc8c8c9oc%10ccccc%10c9ccc87)cccc6c5c5ccccc45)cccc3o2)cc1. The van der Waals surface area contributed by atoms with Gasteiger partial charge in [-0.1, -0.05) is 103 Å². The van der Waals surface area contributed by atoms with E-state index in [9.17, 15) is 0 Å². The molecule has 0 spiro atoms. The van der Waals surface area contributed by atoms with E-state index in [2.05, 4.69) is 108 Å². The number of hydrogen-bond acceptors (Lipinski definition) is 4. The number of oxazole rings is 1. The third-order valence-corrected chi connectivity index (χ3v) is 10.6. The van der Waals surface area contributed by atoms with Gasteiger partial charge in [-0.25, -0.2) is 4.98 Å². The Morgan fingerprint density at radius 1 is 0.404 bits per heavy atom. The normalized spacial score (nSPS) is 12.2. The van der Waals surface area contributed by atoms with Crippen molar-refractivity contribution in [3.8, 4) is 28.3 Å². The van der Waals surface area contributed by atoms with E-state index in [0.29, 0.717) is 5.89 Å². The van der Waals surface area contributed by atoms with Crippen molar-refractivity contribution in [3.63, 3.8) is 0 Å². The first-order valence-corrected chi connectivity index (χ1v) is 17.5. The number of para-hydroxylation sites is 4. The molecule has 0 atom stereocenters. The second kappa shape index (κ2) is 10.2. The third kappa shape index (κ3) is 3.69. The second-order valence-electron chi connectivity index (χ2n) is 13.4. The van der Waals surface area contributed by atoms with E-state index in [1.54, 1.807) is 0 Å². The zero-order valence-corrected chi connectivity index (χ0v) is 27.6. The van der Waals surface area contributed by atoms with E-state index < -0.39 is 0 Å². The molecule has 0 N–H and O–H groups in total. The summed E-state index contributed by atoms with van der Waals surface area (Å²) in [5, 5.41) is 8.89. The summed E-state index contributed by atoms with van der Waals surface area (Å²) >= 11 is 0. The van der Waals surface area contributed by atoms with Crippen LogP contribution in [0.4, 0.5) is 0 Å². The molecule has 0 unspecified atom stereocenters. The van der Waals surface area contributed by atoms with Gasteiger partial charge in [0.1, 0.15) is 22.3 Å². The van der Waals surface area contributed by atoms with Gasteiger partial charge in [0.2, 0.25) is 5.89 Å². The standard InChI is InChI=1S/C47H26N2O3/c1-2-12-27(13-3-1)47-48-44-31(18-11-23-40(44)52-47)35-26-41-42(30-16-5-4-14-28(30)35)34-19-10-21-38(45(34)51-41)49-36-20-8-6-17-33(36)43-37(49)25-24-32-29-15-7-9-22-39(29)50-46(32)43/h1-26H. The Morgan fingerprint density at radius 3 is 2.02 bits per heavy atom. The highest BCUT2D eigenvalue weighted by molar-refractivity contribution is 6.26.